The summed E-state index contributed by atoms with van der Waals surface area (Å²) in [5.41, 5.74) is 16.1. The molecule has 2 heteroatoms. The lowest BCUT2D eigenvalue weighted by Gasteiger charge is -2.28. The molecule has 0 radical (unpaired) electrons. The maximum atomic E-state index is 2.42. The lowest BCUT2D eigenvalue weighted by molar-refractivity contribution is 0.660. The number of anilines is 3. The molecular weight excluding hydrogens is 707 g/mol. The van der Waals surface area contributed by atoms with Crippen LogP contribution < -0.4 is 4.90 Å². The molecule has 0 amide bonds. The van der Waals surface area contributed by atoms with Crippen molar-refractivity contribution in [3.63, 3.8) is 0 Å². The fourth-order valence-electron chi connectivity index (χ4n) is 9.19. The predicted octanol–water partition coefficient (Wildman–Crippen LogP) is 16.0. The molecule has 0 bridgehead atoms. The Morgan fingerprint density at radius 3 is 1.79 bits per heavy atom. The van der Waals surface area contributed by atoms with Gasteiger partial charge in [0.1, 0.15) is 0 Å². The van der Waals surface area contributed by atoms with Crippen molar-refractivity contribution in [2.45, 2.75) is 19.3 Å². The van der Waals surface area contributed by atoms with Crippen LogP contribution in [0, 0.1) is 0 Å². The third-order valence-electron chi connectivity index (χ3n) is 12.1. The molecule has 0 aliphatic heterocycles. The van der Waals surface area contributed by atoms with Crippen molar-refractivity contribution in [2.24, 2.45) is 0 Å². The normalized spacial score (nSPS) is 12.9. The fraction of sp³-hybridized carbons (Fsp3) is 0.0545. The maximum absolute atomic E-state index is 2.42. The van der Waals surface area contributed by atoms with Gasteiger partial charge in [0.15, 0.2) is 0 Å². The summed E-state index contributed by atoms with van der Waals surface area (Å²) in [6, 6.07) is 73.8. The summed E-state index contributed by atoms with van der Waals surface area (Å²) in [6.07, 6.45) is 0. The average Bonchev–Trinajstić information content (AvgIpc) is 3.76. The van der Waals surface area contributed by atoms with Crippen LogP contribution in [-0.2, 0) is 5.41 Å². The Labute approximate surface area is 337 Å². The second-order valence-corrected chi connectivity index (χ2v) is 16.8. The first kappa shape index (κ1) is 33.6. The van der Waals surface area contributed by atoms with Crippen molar-refractivity contribution in [3.05, 3.63) is 211 Å². The Hall–Kier alpha value is -6.74. The van der Waals surface area contributed by atoms with Gasteiger partial charge < -0.3 is 4.90 Å². The first-order valence-electron chi connectivity index (χ1n) is 19.8. The van der Waals surface area contributed by atoms with Crippen LogP contribution in [0.15, 0.2) is 200 Å². The van der Waals surface area contributed by atoms with E-state index in [4.69, 9.17) is 0 Å². The van der Waals surface area contributed by atoms with Crippen LogP contribution in [-0.4, -0.2) is 0 Å². The van der Waals surface area contributed by atoms with E-state index in [2.05, 4.69) is 219 Å². The molecule has 0 saturated heterocycles. The second-order valence-electron chi connectivity index (χ2n) is 15.7. The molecule has 0 spiro atoms. The van der Waals surface area contributed by atoms with Gasteiger partial charge in [-0.25, -0.2) is 0 Å². The van der Waals surface area contributed by atoms with Crippen LogP contribution in [0.2, 0.25) is 0 Å². The maximum Gasteiger partial charge on any atom is 0.0465 e. The Morgan fingerprint density at radius 1 is 0.368 bits per heavy atom. The molecule has 0 saturated carbocycles. The molecule has 1 aliphatic rings. The highest BCUT2D eigenvalue weighted by atomic mass is 32.1. The third-order valence-corrected chi connectivity index (χ3v) is 13.3. The van der Waals surface area contributed by atoms with E-state index in [9.17, 15) is 0 Å². The zero-order chi connectivity index (χ0) is 38.1. The number of hydrogen-bond acceptors (Lipinski definition) is 2. The Kier molecular flexibility index (Phi) is 7.77. The van der Waals surface area contributed by atoms with E-state index in [1.54, 1.807) is 0 Å². The Morgan fingerprint density at radius 2 is 0.947 bits per heavy atom. The van der Waals surface area contributed by atoms with Gasteiger partial charge in [0, 0.05) is 42.6 Å². The molecule has 1 nitrogen and oxygen atoms in total. The average molecular weight is 746 g/mol. The van der Waals surface area contributed by atoms with Crippen molar-refractivity contribution in [2.75, 3.05) is 4.90 Å². The summed E-state index contributed by atoms with van der Waals surface area (Å²) < 4.78 is 2.66. The summed E-state index contributed by atoms with van der Waals surface area (Å²) >= 11 is 1.88. The number of fused-ring (bicyclic) bond motifs is 7. The number of thiophene rings is 1. The van der Waals surface area contributed by atoms with E-state index in [1.807, 2.05) is 11.3 Å². The molecule has 0 atom stereocenters. The molecule has 1 aromatic heterocycles. The highest BCUT2D eigenvalue weighted by Gasteiger charge is 2.35. The molecule has 270 valence electrons. The van der Waals surface area contributed by atoms with Crippen molar-refractivity contribution in [3.8, 4) is 44.5 Å². The highest BCUT2D eigenvalue weighted by molar-refractivity contribution is 7.26. The minimum absolute atomic E-state index is 0.0979. The van der Waals surface area contributed by atoms with Gasteiger partial charge in [0.05, 0.1) is 0 Å². The van der Waals surface area contributed by atoms with Crippen molar-refractivity contribution in [1.29, 1.82) is 0 Å². The van der Waals surface area contributed by atoms with Crippen molar-refractivity contribution >= 4 is 59.3 Å². The lowest BCUT2D eigenvalue weighted by Crippen LogP contribution is -2.16. The van der Waals surface area contributed by atoms with E-state index in [1.165, 1.54) is 86.6 Å². The molecule has 0 fully saturated rings. The predicted molar refractivity (Wildman–Crippen MR) is 245 cm³/mol. The summed E-state index contributed by atoms with van der Waals surface area (Å²) in [5.74, 6) is 0. The zero-order valence-corrected chi connectivity index (χ0v) is 32.7. The Bertz CT molecular complexity index is 3140. The molecule has 10 aromatic rings. The fourth-order valence-corrected chi connectivity index (χ4v) is 10.4. The second kappa shape index (κ2) is 13.2. The van der Waals surface area contributed by atoms with Crippen LogP contribution in [0.5, 0.6) is 0 Å². The SMILES string of the molecule is CC1(C)c2ccccc2-c2ccc(N(c3ccc(-c4cccc(-c5cccc6ccccc56)c4)cc3)c3ccc(-c4cccc5c4sc4ccccc45)cc3)cc21. The number of nitrogens with zero attached hydrogens (tertiary/aromatic N) is 1. The molecule has 0 N–H and O–H groups in total. The summed E-state index contributed by atoms with van der Waals surface area (Å²) in [4.78, 5) is 2.42. The van der Waals surface area contributed by atoms with Gasteiger partial charge in [-0.3, -0.25) is 0 Å². The first-order valence-corrected chi connectivity index (χ1v) is 20.6. The smallest absolute Gasteiger partial charge is 0.0465 e. The van der Waals surface area contributed by atoms with Crippen LogP contribution in [0.4, 0.5) is 17.1 Å². The molecule has 57 heavy (non-hydrogen) atoms. The standard InChI is InChI=1S/C55H39NS/c1-55(2)51-22-7-5-17-47(51)48-33-32-43(35-52(48)55)56(42-30-26-38(27-31-42)46-20-11-21-50-49-18-6-8-23-53(49)57-54(46)50)41-28-24-36(25-29-41)39-14-9-15-40(34-39)45-19-10-13-37-12-3-4-16-44(37)45/h3-35H,1-2H3. The first-order chi connectivity index (χ1) is 28.0. The van der Waals surface area contributed by atoms with Gasteiger partial charge in [-0.05, 0) is 115 Å². The summed E-state index contributed by atoms with van der Waals surface area (Å²) in [6.45, 7) is 4.71. The number of benzene rings is 9. The Balaban J connectivity index is 1.00. The van der Waals surface area contributed by atoms with Gasteiger partial charge in [-0.15, -0.1) is 11.3 Å². The van der Waals surface area contributed by atoms with Gasteiger partial charge >= 0.3 is 0 Å². The van der Waals surface area contributed by atoms with E-state index < -0.39 is 0 Å². The third kappa shape index (κ3) is 5.51. The molecule has 11 rings (SSSR count). The van der Waals surface area contributed by atoms with Gasteiger partial charge in [-0.1, -0.05) is 166 Å². The molecule has 1 aliphatic carbocycles. The van der Waals surface area contributed by atoms with Gasteiger partial charge in [0.25, 0.3) is 0 Å². The molecule has 9 aromatic carbocycles. The van der Waals surface area contributed by atoms with E-state index in [-0.39, 0.29) is 5.41 Å². The van der Waals surface area contributed by atoms with Crippen molar-refractivity contribution < 1.29 is 0 Å². The quantitative estimate of drug-likeness (QED) is 0.164. The zero-order valence-electron chi connectivity index (χ0n) is 31.9. The van der Waals surface area contributed by atoms with Crippen LogP contribution in [0.25, 0.3) is 75.5 Å². The highest BCUT2D eigenvalue weighted by Crippen LogP contribution is 2.51. The monoisotopic (exact) mass is 745 g/mol. The summed E-state index contributed by atoms with van der Waals surface area (Å²) in [5, 5.41) is 5.18. The minimum atomic E-state index is -0.0979. The van der Waals surface area contributed by atoms with E-state index in [0.717, 1.165) is 17.1 Å². The van der Waals surface area contributed by atoms with Gasteiger partial charge in [0.2, 0.25) is 0 Å². The summed E-state index contributed by atoms with van der Waals surface area (Å²) in [7, 11) is 0. The lowest BCUT2D eigenvalue weighted by atomic mass is 9.82. The number of hydrogen-bond donors (Lipinski definition) is 0. The van der Waals surface area contributed by atoms with Crippen LogP contribution in [0.3, 0.4) is 0 Å². The molecule has 1 heterocycles. The van der Waals surface area contributed by atoms with Crippen molar-refractivity contribution in [1.82, 2.24) is 0 Å². The largest absolute Gasteiger partial charge is 0.310 e. The van der Waals surface area contributed by atoms with Crippen LogP contribution >= 0.6 is 11.3 Å². The van der Waals surface area contributed by atoms with E-state index in [0.29, 0.717) is 0 Å². The topological polar surface area (TPSA) is 3.24 Å². The van der Waals surface area contributed by atoms with Gasteiger partial charge in [-0.2, -0.15) is 0 Å². The molecule has 0 unspecified atom stereocenters. The molecular formula is C55H39NS. The van der Waals surface area contributed by atoms with Crippen LogP contribution in [0.1, 0.15) is 25.0 Å². The van der Waals surface area contributed by atoms with E-state index >= 15 is 0 Å². The minimum Gasteiger partial charge on any atom is -0.310 e. The number of rotatable bonds is 6.